The van der Waals surface area contributed by atoms with Crippen molar-refractivity contribution in [1.82, 2.24) is 15.1 Å². The molecule has 1 heterocycles. The summed E-state index contributed by atoms with van der Waals surface area (Å²) >= 11 is 1.60. The first kappa shape index (κ1) is 21.7. The van der Waals surface area contributed by atoms with Gasteiger partial charge in [0, 0.05) is 32.6 Å². The fraction of sp³-hybridized carbons (Fsp3) is 0.368. The number of carbonyl (C=O) groups is 1. The molecule has 0 fully saturated rings. The molecule has 0 aliphatic carbocycles. The molecule has 1 aromatic carbocycles. The number of benzene rings is 1. The topological polar surface area (TPSA) is 47.9 Å². The van der Waals surface area contributed by atoms with Gasteiger partial charge in [-0.1, -0.05) is 18.2 Å². The summed E-state index contributed by atoms with van der Waals surface area (Å²) in [5.41, 5.74) is 0.0280. The minimum absolute atomic E-state index is 0.0167. The maximum Gasteiger partial charge on any atom is 0.416 e. The van der Waals surface area contributed by atoms with E-state index in [2.05, 4.69) is 10.3 Å². The fourth-order valence-electron chi connectivity index (χ4n) is 2.32. The van der Waals surface area contributed by atoms with Gasteiger partial charge in [-0.2, -0.15) is 13.2 Å². The number of halogens is 3. The van der Waals surface area contributed by atoms with Crippen LogP contribution >= 0.6 is 11.3 Å². The number of carbonyl (C=O) groups excluding carboxylic acids is 1. The lowest BCUT2D eigenvalue weighted by atomic mass is 10.1. The van der Waals surface area contributed by atoms with E-state index in [1.54, 1.807) is 37.4 Å². The number of thiophene rings is 1. The van der Waals surface area contributed by atoms with Crippen LogP contribution in [0.5, 0.6) is 0 Å². The predicted octanol–water partition coefficient (Wildman–Crippen LogP) is 3.43. The van der Waals surface area contributed by atoms with Gasteiger partial charge in [-0.05, 0) is 29.1 Å². The van der Waals surface area contributed by atoms with Gasteiger partial charge in [0.2, 0.25) is 5.91 Å². The van der Waals surface area contributed by atoms with Gasteiger partial charge in [0.25, 0.3) is 0 Å². The van der Waals surface area contributed by atoms with Gasteiger partial charge in [-0.25, -0.2) is 4.99 Å². The lowest BCUT2D eigenvalue weighted by molar-refractivity contribution is -0.137. The quantitative estimate of drug-likeness (QED) is 0.584. The highest BCUT2D eigenvalue weighted by atomic mass is 32.1. The van der Waals surface area contributed by atoms with Gasteiger partial charge in [0.1, 0.15) is 6.54 Å². The molecule has 28 heavy (non-hydrogen) atoms. The van der Waals surface area contributed by atoms with Crippen molar-refractivity contribution in [3.8, 4) is 0 Å². The van der Waals surface area contributed by atoms with E-state index in [1.807, 2.05) is 17.5 Å². The Morgan fingerprint density at radius 2 is 1.82 bits per heavy atom. The first-order valence-corrected chi connectivity index (χ1v) is 9.43. The third-order valence-electron chi connectivity index (χ3n) is 3.93. The highest BCUT2D eigenvalue weighted by molar-refractivity contribution is 7.09. The van der Waals surface area contributed by atoms with E-state index in [9.17, 15) is 18.0 Å². The Morgan fingerprint density at radius 1 is 1.14 bits per heavy atom. The Kier molecular flexibility index (Phi) is 7.45. The second-order valence-electron chi connectivity index (χ2n) is 6.41. The van der Waals surface area contributed by atoms with Gasteiger partial charge in [0.15, 0.2) is 5.96 Å². The third-order valence-corrected chi connectivity index (χ3v) is 4.80. The number of rotatable bonds is 6. The molecule has 0 unspecified atom stereocenters. The van der Waals surface area contributed by atoms with Gasteiger partial charge in [-0.3, -0.25) is 4.79 Å². The van der Waals surface area contributed by atoms with E-state index in [1.165, 1.54) is 17.0 Å². The number of alkyl halides is 3. The Bertz CT molecular complexity index is 787. The number of nitrogens with one attached hydrogen (secondary N) is 1. The first-order valence-electron chi connectivity index (χ1n) is 8.55. The third kappa shape index (κ3) is 6.56. The minimum Gasteiger partial charge on any atom is -0.351 e. The number of likely N-dealkylation sites (N-methyl/N-ethyl adjacent to an activating group) is 1. The molecule has 0 aliphatic heterocycles. The average molecular weight is 412 g/mol. The second-order valence-corrected chi connectivity index (χ2v) is 7.44. The maximum absolute atomic E-state index is 12.7. The van der Waals surface area contributed by atoms with Crippen LogP contribution in [-0.2, 0) is 24.1 Å². The van der Waals surface area contributed by atoms with Gasteiger partial charge < -0.3 is 15.1 Å². The molecule has 5 nitrogen and oxygen atoms in total. The zero-order valence-electron chi connectivity index (χ0n) is 16.0. The largest absolute Gasteiger partial charge is 0.416 e. The SMILES string of the molecule is CN(C)C(=O)CN=C(NCc1cccs1)N(C)Cc1ccc(C(F)(F)F)cc1. The zero-order chi connectivity index (χ0) is 20.7. The Labute approximate surface area is 166 Å². The summed E-state index contributed by atoms with van der Waals surface area (Å²) in [5, 5.41) is 5.18. The molecule has 0 radical (unpaired) electrons. The lowest BCUT2D eigenvalue weighted by Crippen LogP contribution is -2.39. The zero-order valence-corrected chi connectivity index (χ0v) is 16.8. The van der Waals surface area contributed by atoms with E-state index < -0.39 is 11.7 Å². The molecule has 9 heteroatoms. The average Bonchev–Trinajstić information content (AvgIpc) is 3.14. The maximum atomic E-state index is 12.7. The molecule has 2 aromatic rings. The summed E-state index contributed by atoms with van der Waals surface area (Å²) in [6.45, 7) is 0.881. The van der Waals surface area contributed by atoms with E-state index in [4.69, 9.17) is 0 Å². The van der Waals surface area contributed by atoms with Crippen molar-refractivity contribution in [3.63, 3.8) is 0 Å². The monoisotopic (exact) mass is 412 g/mol. The van der Waals surface area contributed by atoms with Crippen LogP contribution < -0.4 is 5.32 Å². The first-order chi connectivity index (χ1) is 13.2. The number of aliphatic imine (C=N–C) groups is 1. The van der Waals surface area contributed by atoms with E-state index in [0.717, 1.165) is 17.0 Å². The smallest absolute Gasteiger partial charge is 0.351 e. The van der Waals surface area contributed by atoms with Crippen molar-refractivity contribution >= 4 is 23.2 Å². The van der Waals surface area contributed by atoms with Crippen molar-refractivity contribution in [2.45, 2.75) is 19.3 Å². The van der Waals surface area contributed by atoms with Gasteiger partial charge in [-0.15, -0.1) is 11.3 Å². The Morgan fingerprint density at radius 3 is 2.36 bits per heavy atom. The highest BCUT2D eigenvalue weighted by Crippen LogP contribution is 2.29. The van der Waals surface area contributed by atoms with Crippen LogP contribution in [-0.4, -0.2) is 49.4 Å². The number of nitrogens with zero attached hydrogens (tertiary/aromatic N) is 3. The van der Waals surface area contributed by atoms with Gasteiger partial charge in [0.05, 0.1) is 12.1 Å². The molecule has 0 aliphatic rings. The van der Waals surface area contributed by atoms with Crippen molar-refractivity contribution in [1.29, 1.82) is 0 Å². The molecule has 0 bridgehead atoms. The van der Waals surface area contributed by atoms with Crippen molar-refractivity contribution < 1.29 is 18.0 Å². The molecule has 1 N–H and O–H groups in total. The van der Waals surface area contributed by atoms with Crippen LogP contribution in [0.15, 0.2) is 46.8 Å². The molecule has 0 atom stereocenters. The molecule has 0 saturated carbocycles. The summed E-state index contributed by atoms with van der Waals surface area (Å²) in [5.74, 6) is 0.363. The molecule has 1 aromatic heterocycles. The summed E-state index contributed by atoms with van der Waals surface area (Å²) < 4.78 is 38.1. The van der Waals surface area contributed by atoms with Crippen LogP contribution in [0, 0.1) is 0 Å². The molecular weight excluding hydrogens is 389 g/mol. The molecule has 152 valence electrons. The summed E-state index contributed by atoms with van der Waals surface area (Å²) in [7, 11) is 5.09. The molecular formula is C19H23F3N4OS. The Hall–Kier alpha value is -2.55. The second kappa shape index (κ2) is 9.59. The fourth-order valence-corrected chi connectivity index (χ4v) is 2.97. The van der Waals surface area contributed by atoms with Crippen LogP contribution in [0.25, 0.3) is 0 Å². The molecule has 0 saturated heterocycles. The lowest BCUT2D eigenvalue weighted by Gasteiger charge is -2.23. The van der Waals surface area contributed by atoms with Crippen molar-refractivity contribution in [2.75, 3.05) is 27.7 Å². The molecule has 1 amide bonds. The summed E-state index contributed by atoms with van der Waals surface area (Å²) in [4.78, 5) is 20.6. The standard InChI is InChI=1S/C19H23F3N4OS/c1-25(2)17(27)12-24-18(23-11-16-5-4-10-28-16)26(3)13-14-6-8-15(9-7-14)19(20,21)22/h4-10H,11-13H2,1-3H3,(H,23,24). The van der Waals surface area contributed by atoms with Crippen molar-refractivity contribution in [2.24, 2.45) is 4.99 Å². The number of hydrogen-bond acceptors (Lipinski definition) is 3. The predicted molar refractivity (Wildman–Crippen MR) is 105 cm³/mol. The number of guanidine groups is 1. The van der Waals surface area contributed by atoms with E-state index in [0.29, 0.717) is 24.6 Å². The summed E-state index contributed by atoms with van der Waals surface area (Å²) in [6, 6.07) is 8.95. The van der Waals surface area contributed by atoms with Crippen LogP contribution in [0.2, 0.25) is 0 Å². The van der Waals surface area contributed by atoms with Gasteiger partial charge >= 0.3 is 6.18 Å². The highest BCUT2D eigenvalue weighted by Gasteiger charge is 2.29. The molecule has 0 spiro atoms. The minimum atomic E-state index is -4.36. The number of amides is 1. The van der Waals surface area contributed by atoms with Crippen LogP contribution in [0.3, 0.4) is 0 Å². The summed E-state index contributed by atoms with van der Waals surface area (Å²) in [6.07, 6.45) is -4.36. The van der Waals surface area contributed by atoms with Crippen LogP contribution in [0.1, 0.15) is 16.0 Å². The number of hydrogen-bond donors (Lipinski definition) is 1. The normalized spacial score (nSPS) is 12.0. The van der Waals surface area contributed by atoms with E-state index in [-0.39, 0.29) is 12.5 Å². The van der Waals surface area contributed by atoms with E-state index >= 15 is 0 Å². The Balaban J connectivity index is 2.09. The molecule has 2 rings (SSSR count). The van der Waals surface area contributed by atoms with Crippen LogP contribution in [0.4, 0.5) is 13.2 Å². The van der Waals surface area contributed by atoms with Crippen molar-refractivity contribution in [3.05, 3.63) is 57.8 Å².